The van der Waals surface area contributed by atoms with E-state index in [0.29, 0.717) is 5.75 Å². The Labute approximate surface area is 135 Å². The molecule has 0 aliphatic carbocycles. The molecule has 0 spiro atoms. The number of carbonyl (C=O) groups is 1. The molecular weight excluding hydrogens is 295 g/mol. The van der Waals surface area contributed by atoms with Crippen molar-refractivity contribution in [3.05, 3.63) is 59.9 Å². The largest absolute Gasteiger partial charge is 0.491 e. The number of nitrogens with one attached hydrogen (secondary N) is 2. The number of carbonyl (C=O) groups excluding carboxylic acids is 1. The van der Waals surface area contributed by atoms with Gasteiger partial charge >= 0.3 is 6.03 Å². The Kier molecular flexibility index (Phi) is 5.57. The number of hydrogen-bond donors (Lipinski definition) is 2. The molecule has 1 atom stereocenters. The van der Waals surface area contributed by atoms with E-state index < -0.39 is 11.8 Å². The van der Waals surface area contributed by atoms with Gasteiger partial charge in [-0.25, -0.2) is 9.18 Å². The first-order chi connectivity index (χ1) is 11.0. The molecule has 0 aromatic heterocycles. The second kappa shape index (κ2) is 7.63. The van der Waals surface area contributed by atoms with Crippen molar-refractivity contribution in [3.63, 3.8) is 0 Å². The average molecular weight is 316 g/mol. The Morgan fingerprint density at radius 1 is 1.09 bits per heavy atom. The van der Waals surface area contributed by atoms with E-state index in [-0.39, 0.29) is 17.8 Å². The van der Waals surface area contributed by atoms with Gasteiger partial charge in [-0.3, -0.25) is 0 Å². The fourth-order valence-corrected chi connectivity index (χ4v) is 2.12. The van der Waals surface area contributed by atoms with Crippen molar-refractivity contribution in [3.8, 4) is 5.75 Å². The van der Waals surface area contributed by atoms with Gasteiger partial charge in [0, 0.05) is 6.07 Å². The van der Waals surface area contributed by atoms with Crippen LogP contribution in [0.5, 0.6) is 5.75 Å². The molecule has 2 aromatic carbocycles. The highest BCUT2D eigenvalue weighted by Crippen LogP contribution is 2.21. The Balaban J connectivity index is 1.97. The van der Waals surface area contributed by atoms with Crippen molar-refractivity contribution in [1.29, 1.82) is 0 Å². The molecule has 2 aromatic rings. The molecule has 0 bridgehead atoms. The van der Waals surface area contributed by atoms with E-state index in [1.807, 2.05) is 51.1 Å². The van der Waals surface area contributed by atoms with E-state index in [1.54, 1.807) is 6.07 Å². The molecule has 0 radical (unpaired) electrons. The maximum atomic E-state index is 14.0. The topological polar surface area (TPSA) is 50.4 Å². The molecule has 122 valence electrons. The molecule has 0 fully saturated rings. The van der Waals surface area contributed by atoms with Crippen LogP contribution in [0.25, 0.3) is 0 Å². The van der Waals surface area contributed by atoms with Crippen molar-refractivity contribution in [1.82, 2.24) is 5.32 Å². The van der Waals surface area contributed by atoms with Crippen molar-refractivity contribution in [2.75, 3.05) is 5.32 Å². The van der Waals surface area contributed by atoms with E-state index in [9.17, 15) is 9.18 Å². The molecule has 0 saturated carbocycles. The molecule has 5 heteroatoms. The minimum atomic E-state index is -0.536. The Hall–Kier alpha value is -2.56. The van der Waals surface area contributed by atoms with Crippen molar-refractivity contribution < 1.29 is 13.9 Å². The maximum Gasteiger partial charge on any atom is 0.319 e. The highest BCUT2D eigenvalue weighted by molar-refractivity contribution is 5.89. The number of rotatable bonds is 5. The number of benzene rings is 2. The van der Waals surface area contributed by atoms with Gasteiger partial charge in [0.2, 0.25) is 0 Å². The van der Waals surface area contributed by atoms with Crippen molar-refractivity contribution in [2.24, 2.45) is 0 Å². The average Bonchev–Trinajstić information content (AvgIpc) is 2.50. The van der Waals surface area contributed by atoms with Gasteiger partial charge in [0.05, 0.1) is 17.8 Å². The Morgan fingerprint density at radius 3 is 2.39 bits per heavy atom. The van der Waals surface area contributed by atoms with Crippen molar-refractivity contribution >= 4 is 11.7 Å². The first kappa shape index (κ1) is 16.8. The summed E-state index contributed by atoms with van der Waals surface area (Å²) in [6.07, 6.45) is -0.0387. The summed E-state index contributed by atoms with van der Waals surface area (Å²) in [6.45, 7) is 5.59. The summed E-state index contributed by atoms with van der Waals surface area (Å²) < 4.78 is 19.4. The monoisotopic (exact) mass is 316 g/mol. The van der Waals surface area contributed by atoms with Gasteiger partial charge in [-0.05, 0) is 38.5 Å². The molecule has 0 saturated heterocycles. The summed E-state index contributed by atoms with van der Waals surface area (Å²) >= 11 is 0. The third-order valence-electron chi connectivity index (χ3n) is 3.21. The predicted octanol–water partition coefficient (Wildman–Crippen LogP) is 4.50. The number of halogens is 1. The van der Waals surface area contributed by atoms with Crippen LogP contribution in [0.15, 0.2) is 48.5 Å². The van der Waals surface area contributed by atoms with E-state index in [1.165, 1.54) is 12.1 Å². The zero-order chi connectivity index (χ0) is 16.8. The lowest BCUT2D eigenvalue weighted by atomic mass is 10.1. The second-order valence-electron chi connectivity index (χ2n) is 5.54. The quantitative estimate of drug-likeness (QED) is 0.853. The molecule has 2 rings (SSSR count). The fourth-order valence-electron chi connectivity index (χ4n) is 2.12. The van der Waals surface area contributed by atoms with Crippen LogP contribution < -0.4 is 15.4 Å². The zero-order valence-corrected chi connectivity index (χ0v) is 13.5. The van der Waals surface area contributed by atoms with Crippen LogP contribution in [0.1, 0.15) is 32.4 Å². The van der Waals surface area contributed by atoms with Crippen LogP contribution >= 0.6 is 0 Å². The second-order valence-corrected chi connectivity index (χ2v) is 5.54. The number of urea groups is 1. The van der Waals surface area contributed by atoms with E-state index in [2.05, 4.69) is 10.6 Å². The number of amides is 2. The molecule has 2 amide bonds. The van der Waals surface area contributed by atoms with Crippen LogP contribution in [0, 0.1) is 5.82 Å². The summed E-state index contributed by atoms with van der Waals surface area (Å²) in [7, 11) is 0. The lowest BCUT2D eigenvalue weighted by molar-refractivity contribution is 0.241. The van der Waals surface area contributed by atoms with Crippen LogP contribution in [0.2, 0.25) is 0 Å². The van der Waals surface area contributed by atoms with Crippen LogP contribution in [0.3, 0.4) is 0 Å². The first-order valence-electron chi connectivity index (χ1n) is 7.54. The third kappa shape index (κ3) is 4.98. The van der Waals surface area contributed by atoms with Gasteiger partial charge in [-0.1, -0.05) is 30.3 Å². The Bertz CT molecular complexity index is 659. The minimum Gasteiger partial charge on any atom is -0.491 e. The lowest BCUT2D eigenvalue weighted by Gasteiger charge is -2.16. The number of ether oxygens (including phenoxy) is 1. The summed E-state index contributed by atoms with van der Waals surface area (Å²) in [6, 6.07) is 13.3. The van der Waals surface area contributed by atoms with Crippen LogP contribution in [-0.2, 0) is 0 Å². The summed E-state index contributed by atoms with van der Waals surface area (Å²) in [5.41, 5.74) is 1.09. The molecule has 2 N–H and O–H groups in total. The molecule has 0 heterocycles. The standard InChI is InChI=1S/C18H21FN2O2/c1-12(2)23-15-9-10-17(16(19)11-15)21-18(22)20-13(3)14-7-5-4-6-8-14/h4-13H,1-3H3,(H2,20,21,22). The zero-order valence-electron chi connectivity index (χ0n) is 13.5. The van der Waals surface area contributed by atoms with Gasteiger partial charge in [-0.2, -0.15) is 0 Å². The van der Waals surface area contributed by atoms with Gasteiger partial charge in [0.1, 0.15) is 11.6 Å². The molecule has 0 aliphatic rings. The van der Waals surface area contributed by atoms with E-state index in [4.69, 9.17) is 4.74 Å². The summed E-state index contributed by atoms with van der Waals surface area (Å²) in [5, 5.41) is 5.28. The summed E-state index contributed by atoms with van der Waals surface area (Å²) in [5.74, 6) is -0.105. The highest BCUT2D eigenvalue weighted by Gasteiger charge is 2.12. The number of hydrogen-bond acceptors (Lipinski definition) is 2. The van der Waals surface area contributed by atoms with Gasteiger partial charge in [0.25, 0.3) is 0 Å². The van der Waals surface area contributed by atoms with Crippen LogP contribution in [0.4, 0.5) is 14.9 Å². The normalized spacial score (nSPS) is 11.9. The molecule has 23 heavy (non-hydrogen) atoms. The predicted molar refractivity (Wildman–Crippen MR) is 89.2 cm³/mol. The highest BCUT2D eigenvalue weighted by atomic mass is 19.1. The Morgan fingerprint density at radius 2 is 1.78 bits per heavy atom. The van der Waals surface area contributed by atoms with Crippen molar-refractivity contribution in [2.45, 2.75) is 32.9 Å². The fraction of sp³-hybridized carbons (Fsp3) is 0.278. The number of anilines is 1. The summed E-state index contributed by atoms with van der Waals surface area (Å²) in [4.78, 5) is 12.0. The third-order valence-corrected chi connectivity index (χ3v) is 3.21. The molecular formula is C18H21FN2O2. The SMILES string of the molecule is CC(C)Oc1ccc(NC(=O)NC(C)c2ccccc2)c(F)c1. The van der Waals surface area contributed by atoms with Gasteiger partial charge in [-0.15, -0.1) is 0 Å². The molecule has 0 aliphatic heterocycles. The minimum absolute atomic E-state index is 0.0387. The van der Waals surface area contributed by atoms with E-state index >= 15 is 0 Å². The maximum absolute atomic E-state index is 14.0. The van der Waals surface area contributed by atoms with Gasteiger partial charge < -0.3 is 15.4 Å². The van der Waals surface area contributed by atoms with Gasteiger partial charge in [0.15, 0.2) is 0 Å². The first-order valence-corrected chi connectivity index (χ1v) is 7.54. The molecule has 4 nitrogen and oxygen atoms in total. The van der Waals surface area contributed by atoms with Crippen LogP contribution in [-0.4, -0.2) is 12.1 Å². The lowest BCUT2D eigenvalue weighted by Crippen LogP contribution is -2.31. The van der Waals surface area contributed by atoms with E-state index in [0.717, 1.165) is 5.56 Å². The molecule has 1 unspecified atom stereocenters. The smallest absolute Gasteiger partial charge is 0.319 e.